The van der Waals surface area contributed by atoms with Crippen molar-refractivity contribution in [3.8, 4) is 11.3 Å². The van der Waals surface area contributed by atoms with Crippen molar-refractivity contribution in [2.24, 2.45) is 5.92 Å². The smallest absolute Gasteiger partial charge is 0.342 e. The predicted molar refractivity (Wildman–Crippen MR) is 103 cm³/mol. The topological polar surface area (TPSA) is 50.5 Å². The molecule has 0 saturated heterocycles. The van der Waals surface area contributed by atoms with Crippen molar-refractivity contribution in [3.05, 3.63) is 47.1 Å². The van der Waals surface area contributed by atoms with E-state index in [1.54, 1.807) is 24.1 Å². The summed E-state index contributed by atoms with van der Waals surface area (Å²) in [6.07, 6.45) is -1.74. The van der Waals surface area contributed by atoms with Crippen LogP contribution < -0.4 is 0 Å². The van der Waals surface area contributed by atoms with Gasteiger partial charge in [0.05, 0.1) is 11.4 Å². The highest BCUT2D eigenvalue weighted by molar-refractivity contribution is 7.16. The number of likely N-dealkylation sites (N-methyl/N-ethyl adjacent to an activating group) is 1. The predicted octanol–water partition coefficient (Wildman–Crippen LogP) is 4.60. The number of aromatic nitrogens is 3. The molecule has 0 spiro atoms. The molecule has 5 nitrogen and oxygen atoms in total. The zero-order valence-electron chi connectivity index (χ0n) is 15.6. The number of amides is 1. The summed E-state index contributed by atoms with van der Waals surface area (Å²) in [5, 5.41) is 2.69. The van der Waals surface area contributed by atoms with Gasteiger partial charge in [-0.3, -0.25) is 4.79 Å². The Bertz CT molecular complexity index is 1010. The molecule has 0 aliphatic rings. The monoisotopic (exact) mass is 408 g/mol. The maximum atomic E-state index is 13.0. The van der Waals surface area contributed by atoms with E-state index in [9.17, 15) is 18.0 Å². The molecule has 0 aliphatic carbocycles. The number of alkyl halides is 3. The van der Waals surface area contributed by atoms with E-state index in [1.807, 2.05) is 32.0 Å². The number of hydrogen-bond acceptors (Lipinski definition) is 4. The van der Waals surface area contributed by atoms with E-state index >= 15 is 0 Å². The molecule has 0 aliphatic heterocycles. The maximum absolute atomic E-state index is 13.0. The molecule has 28 heavy (non-hydrogen) atoms. The summed E-state index contributed by atoms with van der Waals surface area (Å²) in [7, 11) is 1.68. The first-order valence-corrected chi connectivity index (χ1v) is 9.44. The van der Waals surface area contributed by atoms with Crippen molar-refractivity contribution in [2.75, 3.05) is 13.6 Å². The van der Waals surface area contributed by atoms with Gasteiger partial charge in [-0.1, -0.05) is 55.5 Å². The number of imidazole rings is 1. The van der Waals surface area contributed by atoms with Gasteiger partial charge in [-0.05, 0) is 12.0 Å². The third-order valence-corrected chi connectivity index (χ3v) is 4.88. The second-order valence-electron chi connectivity index (χ2n) is 6.76. The van der Waals surface area contributed by atoms with Crippen molar-refractivity contribution in [3.63, 3.8) is 0 Å². The SMILES string of the molecule is CC(C)CN(C)C(=O)/C=C/c1c(-c2ccccc2)nc2sc(C(F)(F)F)nn12. The van der Waals surface area contributed by atoms with E-state index in [1.165, 1.54) is 12.2 Å². The van der Waals surface area contributed by atoms with Gasteiger partial charge in [0, 0.05) is 25.2 Å². The summed E-state index contributed by atoms with van der Waals surface area (Å²) in [6, 6.07) is 9.07. The highest BCUT2D eigenvalue weighted by Gasteiger charge is 2.36. The van der Waals surface area contributed by atoms with Crippen LogP contribution in [0.3, 0.4) is 0 Å². The van der Waals surface area contributed by atoms with Gasteiger partial charge in [0.25, 0.3) is 0 Å². The van der Waals surface area contributed by atoms with E-state index in [4.69, 9.17) is 0 Å². The molecule has 9 heteroatoms. The molecule has 0 radical (unpaired) electrons. The average molecular weight is 408 g/mol. The molecule has 0 bridgehead atoms. The lowest BCUT2D eigenvalue weighted by Gasteiger charge is -2.17. The lowest BCUT2D eigenvalue weighted by Crippen LogP contribution is -2.28. The molecule has 0 atom stereocenters. The summed E-state index contributed by atoms with van der Waals surface area (Å²) < 4.78 is 40.2. The van der Waals surface area contributed by atoms with E-state index in [0.29, 0.717) is 35.2 Å². The van der Waals surface area contributed by atoms with Crippen LogP contribution in [0.5, 0.6) is 0 Å². The minimum Gasteiger partial charge on any atom is -0.342 e. The van der Waals surface area contributed by atoms with Gasteiger partial charge in [0.2, 0.25) is 15.9 Å². The van der Waals surface area contributed by atoms with Gasteiger partial charge in [-0.25, -0.2) is 9.50 Å². The van der Waals surface area contributed by atoms with Crippen molar-refractivity contribution in [1.82, 2.24) is 19.5 Å². The van der Waals surface area contributed by atoms with Crippen molar-refractivity contribution in [2.45, 2.75) is 20.0 Å². The zero-order valence-corrected chi connectivity index (χ0v) is 16.4. The highest BCUT2D eigenvalue weighted by Crippen LogP contribution is 2.35. The summed E-state index contributed by atoms with van der Waals surface area (Å²) in [4.78, 5) is 18.3. The molecule has 1 aromatic carbocycles. The van der Waals surface area contributed by atoms with Crippen LogP contribution >= 0.6 is 11.3 Å². The highest BCUT2D eigenvalue weighted by atomic mass is 32.1. The summed E-state index contributed by atoms with van der Waals surface area (Å²) in [5.41, 5.74) is 1.54. The zero-order chi connectivity index (χ0) is 20.5. The maximum Gasteiger partial charge on any atom is 0.445 e. The quantitative estimate of drug-likeness (QED) is 0.580. The van der Waals surface area contributed by atoms with E-state index in [-0.39, 0.29) is 10.9 Å². The first-order chi connectivity index (χ1) is 13.2. The number of rotatable bonds is 5. The second kappa shape index (κ2) is 7.75. The molecule has 3 rings (SSSR count). The van der Waals surface area contributed by atoms with Gasteiger partial charge in [-0.15, -0.1) is 5.10 Å². The van der Waals surface area contributed by atoms with Crippen LogP contribution in [0.15, 0.2) is 36.4 Å². The molecule has 0 saturated carbocycles. The van der Waals surface area contributed by atoms with E-state index in [0.717, 1.165) is 10.1 Å². The second-order valence-corrected chi connectivity index (χ2v) is 7.71. The van der Waals surface area contributed by atoms with Crippen molar-refractivity contribution >= 4 is 28.3 Å². The van der Waals surface area contributed by atoms with Gasteiger partial charge < -0.3 is 4.90 Å². The molecular weight excluding hydrogens is 389 g/mol. The molecule has 0 fully saturated rings. The van der Waals surface area contributed by atoms with Crippen LogP contribution in [0.4, 0.5) is 13.2 Å². The van der Waals surface area contributed by atoms with E-state index < -0.39 is 11.2 Å². The van der Waals surface area contributed by atoms with Crippen LogP contribution in [0.2, 0.25) is 0 Å². The average Bonchev–Trinajstić information content (AvgIpc) is 3.18. The van der Waals surface area contributed by atoms with Crippen LogP contribution in [0, 0.1) is 5.92 Å². The number of fused-ring (bicyclic) bond motifs is 1. The normalized spacial score (nSPS) is 12.4. The summed E-state index contributed by atoms with van der Waals surface area (Å²) in [6.45, 7) is 4.57. The summed E-state index contributed by atoms with van der Waals surface area (Å²) >= 11 is 0.469. The van der Waals surface area contributed by atoms with Crippen LogP contribution in [-0.4, -0.2) is 39.0 Å². The van der Waals surface area contributed by atoms with Crippen LogP contribution in [0.25, 0.3) is 22.3 Å². The largest absolute Gasteiger partial charge is 0.445 e. The lowest BCUT2D eigenvalue weighted by molar-refractivity contribution is -0.138. The number of carbonyl (C=O) groups excluding carboxylic acids is 1. The van der Waals surface area contributed by atoms with Crippen LogP contribution in [-0.2, 0) is 11.0 Å². The van der Waals surface area contributed by atoms with Crippen molar-refractivity contribution in [1.29, 1.82) is 0 Å². The third-order valence-electron chi connectivity index (χ3n) is 3.93. The molecular formula is C19H19F3N4OS. The number of halogens is 3. The van der Waals surface area contributed by atoms with Gasteiger partial charge >= 0.3 is 6.18 Å². The Morgan fingerprint density at radius 1 is 1.29 bits per heavy atom. The standard InChI is InChI=1S/C19H19F3N4OS/c1-12(2)11-25(3)15(27)10-9-14-16(13-7-5-4-6-8-13)23-18-26(14)24-17(28-18)19(20,21)22/h4-10,12H,11H2,1-3H3/b10-9+. The fraction of sp³-hybridized carbons (Fsp3) is 0.316. The van der Waals surface area contributed by atoms with E-state index in [2.05, 4.69) is 10.1 Å². The molecule has 2 aromatic heterocycles. The first-order valence-electron chi connectivity index (χ1n) is 8.62. The number of carbonyl (C=O) groups is 1. The molecule has 3 aromatic rings. The summed E-state index contributed by atoms with van der Waals surface area (Å²) in [5.74, 6) is 0.0609. The Morgan fingerprint density at radius 2 is 1.96 bits per heavy atom. The number of benzene rings is 1. The Labute approximate surface area is 164 Å². The number of nitrogens with zero attached hydrogens (tertiary/aromatic N) is 4. The fourth-order valence-corrected chi connectivity index (χ4v) is 3.53. The molecule has 2 heterocycles. The Morgan fingerprint density at radius 3 is 2.57 bits per heavy atom. The van der Waals surface area contributed by atoms with Crippen LogP contribution in [0.1, 0.15) is 24.5 Å². The van der Waals surface area contributed by atoms with Gasteiger partial charge in [0.1, 0.15) is 0 Å². The number of hydrogen-bond donors (Lipinski definition) is 0. The molecule has 1 amide bonds. The molecule has 0 unspecified atom stereocenters. The lowest BCUT2D eigenvalue weighted by atomic mass is 10.1. The Balaban J connectivity index is 2.05. The van der Waals surface area contributed by atoms with Gasteiger partial charge in [-0.2, -0.15) is 13.2 Å². The molecule has 0 N–H and O–H groups in total. The first kappa shape index (κ1) is 20.1. The van der Waals surface area contributed by atoms with Crippen molar-refractivity contribution < 1.29 is 18.0 Å². The Kier molecular flexibility index (Phi) is 5.55. The minimum atomic E-state index is -4.55. The van der Waals surface area contributed by atoms with Gasteiger partial charge in [0.15, 0.2) is 0 Å². The third kappa shape index (κ3) is 4.24. The molecule has 148 valence electrons. The Hall–Kier alpha value is -2.68. The minimum absolute atomic E-state index is 0.119. The fourth-order valence-electron chi connectivity index (χ4n) is 2.75.